The van der Waals surface area contributed by atoms with E-state index in [2.05, 4.69) is 4.98 Å². The lowest BCUT2D eigenvalue weighted by molar-refractivity contribution is 0.0714. The summed E-state index contributed by atoms with van der Waals surface area (Å²) in [5.74, 6) is -0.0242. The molecular weight excluding hydrogens is 276 g/mol. The second-order valence-corrected chi connectivity index (χ2v) is 7.44. The molecule has 0 unspecified atom stereocenters. The summed E-state index contributed by atoms with van der Waals surface area (Å²) < 4.78 is 23.2. The van der Waals surface area contributed by atoms with Gasteiger partial charge >= 0.3 is 0 Å². The zero-order valence-electron chi connectivity index (χ0n) is 11.2. The highest BCUT2D eigenvalue weighted by Crippen LogP contribution is 2.21. The Balaban J connectivity index is 1.95. The number of sulfone groups is 1. The molecule has 2 aromatic rings. The fraction of sp³-hybridized carbons (Fsp3) is 0.357. The second-order valence-electron chi connectivity index (χ2n) is 5.21. The fourth-order valence-electron chi connectivity index (χ4n) is 2.72. The van der Waals surface area contributed by atoms with Gasteiger partial charge in [-0.05, 0) is 19.1 Å². The van der Waals surface area contributed by atoms with Crippen molar-refractivity contribution in [1.29, 1.82) is 0 Å². The van der Waals surface area contributed by atoms with Gasteiger partial charge in [-0.2, -0.15) is 0 Å². The van der Waals surface area contributed by atoms with Gasteiger partial charge < -0.3 is 9.88 Å². The van der Waals surface area contributed by atoms with Crippen molar-refractivity contribution in [2.45, 2.75) is 13.0 Å². The molecule has 20 heavy (non-hydrogen) atoms. The number of nitrogens with one attached hydrogen (secondary N) is 1. The van der Waals surface area contributed by atoms with Crippen LogP contribution in [0.5, 0.6) is 0 Å². The van der Waals surface area contributed by atoms with Gasteiger partial charge in [0.05, 0.1) is 22.6 Å². The molecular formula is C14H16N2O3S. The Labute approximate surface area is 117 Å². The molecule has 6 heteroatoms. The number of para-hydroxylation sites is 1. The third-order valence-corrected chi connectivity index (χ3v) is 5.54. The van der Waals surface area contributed by atoms with Crippen LogP contribution in [-0.4, -0.2) is 48.3 Å². The van der Waals surface area contributed by atoms with E-state index < -0.39 is 9.84 Å². The summed E-state index contributed by atoms with van der Waals surface area (Å²) in [5, 5.41) is 0.980. The number of aromatic nitrogens is 1. The standard InChI is InChI=1S/C14H16N2O3S/c1-10-9-20(18,19)8-7-16(10)14(17)12-4-2-3-11-5-6-15-13(11)12/h2-6,10,15H,7-9H2,1H3/t10-/m1/s1. The number of nitrogens with zero attached hydrogens (tertiary/aromatic N) is 1. The van der Waals surface area contributed by atoms with Crippen LogP contribution in [0.1, 0.15) is 17.3 Å². The first kappa shape index (κ1) is 13.2. The van der Waals surface area contributed by atoms with Crippen molar-refractivity contribution in [3.8, 4) is 0 Å². The van der Waals surface area contributed by atoms with E-state index in [1.807, 2.05) is 18.2 Å². The Hall–Kier alpha value is -1.82. The number of hydrogen-bond acceptors (Lipinski definition) is 3. The highest BCUT2D eigenvalue weighted by molar-refractivity contribution is 7.91. The van der Waals surface area contributed by atoms with Crippen molar-refractivity contribution in [1.82, 2.24) is 9.88 Å². The molecule has 1 aliphatic rings. The average Bonchev–Trinajstić information content (AvgIpc) is 2.85. The highest BCUT2D eigenvalue weighted by Gasteiger charge is 2.32. The van der Waals surface area contributed by atoms with Crippen LogP contribution in [0.3, 0.4) is 0 Å². The quantitative estimate of drug-likeness (QED) is 0.864. The van der Waals surface area contributed by atoms with Crippen molar-refractivity contribution in [3.05, 3.63) is 36.0 Å². The number of rotatable bonds is 1. The number of H-pyrrole nitrogens is 1. The number of benzene rings is 1. The van der Waals surface area contributed by atoms with Crippen LogP contribution in [0.15, 0.2) is 30.5 Å². The molecule has 0 spiro atoms. The Morgan fingerprint density at radius 1 is 1.35 bits per heavy atom. The van der Waals surface area contributed by atoms with Gasteiger partial charge in [0.25, 0.3) is 5.91 Å². The zero-order valence-corrected chi connectivity index (χ0v) is 12.0. The Morgan fingerprint density at radius 3 is 2.90 bits per heavy atom. The van der Waals surface area contributed by atoms with E-state index >= 15 is 0 Å². The summed E-state index contributed by atoms with van der Waals surface area (Å²) in [6.45, 7) is 2.04. The van der Waals surface area contributed by atoms with Crippen LogP contribution in [0.4, 0.5) is 0 Å². The van der Waals surface area contributed by atoms with E-state index in [1.165, 1.54) is 0 Å². The molecule has 0 radical (unpaired) electrons. The molecule has 1 amide bonds. The number of aromatic amines is 1. The molecule has 0 saturated carbocycles. The van der Waals surface area contributed by atoms with Gasteiger partial charge in [0.1, 0.15) is 0 Å². The first-order valence-electron chi connectivity index (χ1n) is 6.55. The predicted molar refractivity (Wildman–Crippen MR) is 77.5 cm³/mol. The monoisotopic (exact) mass is 292 g/mol. The maximum atomic E-state index is 12.6. The molecule has 0 aliphatic carbocycles. The van der Waals surface area contributed by atoms with Crippen molar-refractivity contribution in [3.63, 3.8) is 0 Å². The van der Waals surface area contributed by atoms with Crippen LogP contribution >= 0.6 is 0 Å². The summed E-state index contributed by atoms with van der Waals surface area (Å²) >= 11 is 0. The first-order valence-corrected chi connectivity index (χ1v) is 8.37. The van der Waals surface area contributed by atoms with Gasteiger partial charge in [-0.3, -0.25) is 4.79 Å². The molecule has 3 rings (SSSR count). The van der Waals surface area contributed by atoms with Crippen molar-refractivity contribution < 1.29 is 13.2 Å². The van der Waals surface area contributed by atoms with Crippen molar-refractivity contribution in [2.75, 3.05) is 18.1 Å². The minimum Gasteiger partial charge on any atom is -0.361 e. The molecule has 1 saturated heterocycles. The van der Waals surface area contributed by atoms with Crippen LogP contribution in [0.25, 0.3) is 10.9 Å². The van der Waals surface area contributed by atoms with Gasteiger partial charge in [0.15, 0.2) is 9.84 Å². The lowest BCUT2D eigenvalue weighted by atomic mass is 10.1. The predicted octanol–water partition coefficient (Wildman–Crippen LogP) is 1.43. The molecule has 2 heterocycles. The van der Waals surface area contributed by atoms with Crippen molar-refractivity contribution >= 4 is 26.6 Å². The van der Waals surface area contributed by atoms with Crippen LogP contribution in [0, 0.1) is 0 Å². The number of hydrogen-bond donors (Lipinski definition) is 1. The van der Waals surface area contributed by atoms with Crippen molar-refractivity contribution in [2.24, 2.45) is 0 Å². The second kappa shape index (κ2) is 4.63. The summed E-state index contributed by atoms with van der Waals surface area (Å²) in [7, 11) is -3.01. The Bertz CT molecular complexity index is 764. The Morgan fingerprint density at radius 2 is 2.15 bits per heavy atom. The topological polar surface area (TPSA) is 70.2 Å². The third kappa shape index (κ3) is 2.20. The zero-order chi connectivity index (χ0) is 14.3. The molecule has 1 aromatic carbocycles. The fourth-order valence-corrected chi connectivity index (χ4v) is 4.27. The summed E-state index contributed by atoms with van der Waals surface area (Å²) in [6.07, 6.45) is 1.80. The summed E-state index contributed by atoms with van der Waals surface area (Å²) in [6, 6.07) is 7.18. The van der Waals surface area contributed by atoms with Crippen LogP contribution < -0.4 is 0 Å². The van der Waals surface area contributed by atoms with E-state index in [9.17, 15) is 13.2 Å². The SMILES string of the molecule is C[C@@H]1CS(=O)(=O)CCN1C(=O)c1cccc2cc[nH]c12. The van der Waals surface area contributed by atoms with Gasteiger partial charge in [0.2, 0.25) is 0 Å². The molecule has 1 aliphatic heterocycles. The molecule has 1 N–H and O–H groups in total. The molecule has 1 aromatic heterocycles. The maximum Gasteiger partial charge on any atom is 0.256 e. The minimum atomic E-state index is -3.01. The van der Waals surface area contributed by atoms with Gasteiger partial charge in [-0.15, -0.1) is 0 Å². The van der Waals surface area contributed by atoms with E-state index in [4.69, 9.17) is 0 Å². The van der Waals surface area contributed by atoms with Gasteiger partial charge in [0, 0.05) is 24.2 Å². The summed E-state index contributed by atoms with van der Waals surface area (Å²) in [4.78, 5) is 17.4. The maximum absolute atomic E-state index is 12.6. The number of amides is 1. The molecule has 106 valence electrons. The third-order valence-electron chi connectivity index (χ3n) is 3.75. The number of fused-ring (bicyclic) bond motifs is 1. The van der Waals surface area contributed by atoms with Crippen LogP contribution in [0.2, 0.25) is 0 Å². The summed E-state index contributed by atoms with van der Waals surface area (Å²) in [5.41, 5.74) is 1.40. The molecule has 5 nitrogen and oxygen atoms in total. The van der Waals surface area contributed by atoms with E-state index in [0.29, 0.717) is 5.56 Å². The average molecular weight is 292 g/mol. The number of carbonyl (C=O) groups excluding carboxylic acids is 1. The normalized spacial score (nSPS) is 22.1. The smallest absolute Gasteiger partial charge is 0.256 e. The lowest BCUT2D eigenvalue weighted by Crippen LogP contribution is -2.49. The lowest BCUT2D eigenvalue weighted by Gasteiger charge is -2.33. The van der Waals surface area contributed by atoms with E-state index in [-0.39, 0.29) is 30.0 Å². The van der Waals surface area contributed by atoms with E-state index in [1.54, 1.807) is 24.1 Å². The minimum absolute atomic E-state index is 0.0411. The van der Waals surface area contributed by atoms with Crippen LogP contribution in [-0.2, 0) is 9.84 Å². The van der Waals surface area contributed by atoms with Gasteiger partial charge in [-0.1, -0.05) is 12.1 Å². The highest BCUT2D eigenvalue weighted by atomic mass is 32.2. The number of carbonyl (C=O) groups is 1. The Kier molecular flexibility index (Phi) is 3.05. The van der Waals surface area contributed by atoms with E-state index in [0.717, 1.165) is 10.9 Å². The first-order chi connectivity index (χ1) is 9.48. The molecule has 0 bridgehead atoms. The largest absolute Gasteiger partial charge is 0.361 e. The molecule has 1 fully saturated rings. The molecule has 1 atom stereocenters. The van der Waals surface area contributed by atoms with Gasteiger partial charge in [-0.25, -0.2) is 8.42 Å².